The van der Waals surface area contributed by atoms with Crippen molar-refractivity contribution in [3.05, 3.63) is 53.6 Å². The molecule has 0 unspecified atom stereocenters. The number of anilines is 1. The zero-order chi connectivity index (χ0) is 15.1. The normalized spacial score (nSPS) is 10.8. The maximum Gasteiger partial charge on any atom is 0.335 e. The molecule has 0 spiro atoms. The molecule has 0 saturated carbocycles. The molecule has 0 radical (unpaired) electrons. The molecule has 0 aliphatic carbocycles. The van der Waals surface area contributed by atoms with Gasteiger partial charge in [0.2, 0.25) is 5.91 Å². The lowest BCUT2D eigenvalue weighted by atomic mass is 10.1. The van der Waals surface area contributed by atoms with Crippen molar-refractivity contribution >= 4 is 23.5 Å². The van der Waals surface area contributed by atoms with Crippen LogP contribution in [0.1, 0.15) is 27.6 Å². The van der Waals surface area contributed by atoms with E-state index in [0.29, 0.717) is 0 Å². The van der Waals surface area contributed by atoms with Gasteiger partial charge in [-0.25, -0.2) is 9.59 Å². The first-order chi connectivity index (χ1) is 9.43. The highest BCUT2D eigenvalue weighted by Crippen LogP contribution is 2.15. The number of hydrogen-bond acceptors (Lipinski definition) is 3. The fourth-order valence-corrected chi connectivity index (χ4v) is 1.38. The molecule has 1 aromatic carbocycles. The van der Waals surface area contributed by atoms with Crippen LogP contribution in [0.15, 0.2) is 42.5 Å². The van der Waals surface area contributed by atoms with Crippen molar-refractivity contribution < 1.29 is 24.6 Å². The van der Waals surface area contributed by atoms with Crippen LogP contribution >= 0.6 is 0 Å². The molecule has 0 atom stereocenters. The van der Waals surface area contributed by atoms with Crippen LogP contribution in [0.2, 0.25) is 0 Å². The predicted octanol–water partition coefficient (Wildman–Crippen LogP) is 2.15. The first kappa shape index (κ1) is 15.2. The molecule has 0 bridgehead atoms. The number of amides is 1. The zero-order valence-electron chi connectivity index (χ0n) is 10.7. The summed E-state index contributed by atoms with van der Waals surface area (Å²) in [5.41, 5.74) is -0.312. The Morgan fingerprint density at radius 3 is 2.00 bits per heavy atom. The van der Waals surface area contributed by atoms with Gasteiger partial charge in [0.05, 0.1) is 11.1 Å². The lowest BCUT2D eigenvalue weighted by Gasteiger charge is -2.05. The molecule has 0 heterocycles. The number of carbonyl (C=O) groups excluding carboxylic acids is 1. The Morgan fingerprint density at radius 1 is 1.00 bits per heavy atom. The third kappa shape index (κ3) is 4.41. The molecule has 1 aromatic rings. The van der Waals surface area contributed by atoms with Crippen LogP contribution in [0.5, 0.6) is 0 Å². The van der Waals surface area contributed by atoms with Gasteiger partial charge < -0.3 is 15.5 Å². The van der Waals surface area contributed by atoms with E-state index >= 15 is 0 Å². The number of carboxylic acids is 2. The monoisotopic (exact) mass is 275 g/mol. The Kier molecular flexibility index (Phi) is 5.22. The van der Waals surface area contributed by atoms with Crippen molar-refractivity contribution in [3.63, 3.8) is 0 Å². The fraction of sp³-hybridized carbons (Fsp3) is 0.0714. The largest absolute Gasteiger partial charge is 0.478 e. The molecule has 1 rings (SSSR count). The number of aromatic carboxylic acids is 2. The van der Waals surface area contributed by atoms with Crippen LogP contribution in [-0.4, -0.2) is 28.1 Å². The second-order valence-electron chi connectivity index (χ2n) is 3.78. The average molecular weight is 275 g/mol. The van der Waals surface area contributed by atoms with E-state index in [2.05, 4.69) is 5.32 Å². The quantitative estimate of drug-likeness (QED) is 0.564. The minimum absolute atomic E-state index is 0.109. The standard InChI is InChI=1S/C14H13NO5/c1-2-3-4-5-12(16)15-11-7-9(13(17)18)6-10(8-11)14(19)20/h2-8H,1H3,(H,15,16)(H,17,18)(H,19,20)/b3-2+,5-4+. The molecule has 0 saturated heterocycles. The van der Waals surface area contributed by atoms with Crippen LogP contribution in [-0.2, 0) is 4.79 Å². The molecule has 1 amide bonds. The number of rotatable bonds is 5. The minimum Gasteiger partial charge on any atom is -0.478 e. The molecule has 20 heavy (non-hydrogen) atoms. The van der Waals surface area contributed by atoms with Crippen molar-refractivity contribution in [2.75, 3.05) is 5.32 Å². The summed E-state index contributed by atoms with van der Waals surface area (Å²) in [6.07, 6.45) is 6.13. The summed E-state index contributed by atoms with van der Waals surface area (Å²) in [5, 5.41) is 20.2. The van der Waals surface area contributed by atoms with Gasteiger partial charge in [0.15, 0.2) is 0 Å². The van der Waals surface area contributed by atoms with Gasteiger partial charge in [0, 0.05) is 11.8 Å². The summed E-state index contributed by atoms with van der Waals surface area (Å²) >= 11 is 0. The molecule has 3 N–H and O–H groups in total. The van der Waals surface area contributed by atoms with Crippen LogP contribution in [0, 0.1) is 0 Å². The molecule has 0 aliphatic rings. The van der Waals surface area contributed by atoms with E-state index in [4.69, 9.17) is 10.2 Å². The van der Waals surface area contributed by atoms with Gasteiger partial charge in [-0.3, -0.25) is 4.79 Å². The summed E-state index contributed by atoms with van der Waals surface area (Å²) in [6, 6.07) is 3.41. The summed E-state index contributed by atoms with van der Waals surface area (Å²) in [6.45, 7) is 1.79. The van der Waals surface area contributed by atoms with E-state index in [9.17, 15) is 14.4 Å². The van der Waals surface area contributed by atoms with Gasteiger partial charge >= 0.3 is 11.9 Å². The summed E-state index contributed by atoms with van der Waals surface area (Å²) < 4.78 is 0. The number of nitrogens with one attached hydrogen (secondary N) is 1. The average Bonchev–Trinajstić information content (AvgIpc) is 2.38. The number of benzene rings is 1. The smallest absolute Gasteiger partial charge is 0.335 e. The van der Waals surface area contributed by atoms with Crippen LogP contribution in [0.25, 0.3) is 0 Å². The first-order valence-electron chi connectivity index (χ1n) is 5.66. The van der Waals surface area contributed by atoms with E-state index < -0.39 is 17.8 Å². The van der Waals surface area contributed by atoms with E-state index in [0.717, 1.165) is 6.07 Å². The minimum atomic E-state index is -1.27. The van der Waals surface area contributed by atoms with E-state index in [-0.39, 0.29) is 16.8 Å². The lowest BCUT2D eigenvalue weighted by molar-refractivity contribution is -0.111. The van der Waals surface area contributed by atoms with Crippen molar-refractivity contribution in [1.29, 1.82) is 0 Å². The molecule has 104 valence electrons. The van der Waals surface area contributed by atoms with Crippen molar-refractivity contribution in [2.24, 2.45) is 0 Å². The highest BCUT2D eigenvalue weighted by atomic mass is 16.4. The SMILES string of the molecule is C/C=C/C=C/C(=O)Nc1cc(C(=O)O)cc(C(=O)O)c1. The van der Waals surface area contributed by atoms with Gasteiger partial charge in [0.1, 0.15) is 0 Å². The Morgan fingerprint density at radius 2 is 1.55 bits per heavy atom. The first-order valence-corrected chi connectivity index (χ1v) is 5.66. The van der Waals surface area contributed by atoms with Crippen LogP contribution < -0.4 is 5.32 Å². The molecular weight excluding hydrogens is 262 g/mol. The Balaban J connectivity index is 3.02. The number of carbonyl (C=O) groups is 3. The van der Waals surface area contributed by atoms with Crippen molar-refractivity contribution in [2.45, 2.75) is 6.92 Å². The van der Waals surface area contributed by atoms with Gasteiger partial charge in [-0.2, -0.15) is 0 Å². The maximum atomic E-state index is 11.5. The summed E-state index contributed by atoms with van der Waals surface area (Å²) in [4.78, 5) is 33.3. The van der Waals surface area contributed by atoms with Gasteiger partial charge in [-0.15, -0.1) is 0 Å². The second kappa shape index (κ2) is 6.89. The third-order valence-electron chi connectivity index (χ3n) is 2.25. The van der Waals surface area contributed by atoms with Gasteiger partial charge in [0.25, 0.3) is 0 Å². The molecule has 0 aromatic heterocycles. The lowest BCUT2D eigenvalue weighted by Crippen LogP contribution is -2.10. The Labute approximate surface area is 115 Å². The van der Waals surface area contributed by atoms with Crippen molar-refractivity contribution in [3.8, 4) is 0 Å². The van der Waals surface area contributed by atoms with Gasteiger partial charge in [-0.05, 0) is 25.1 Å². The molecule has 6 nitrogen and oxygen atoms in total. The van der Waals surface area contributed by atoms with Crippen LogP contribution in [0.3, 0.4) is 0 Å². The fourth-order valence-electron chi connectivity index (χ4n) is 1.38. The van der Waals surface area contributed by atoms with E-state index in [1.165, 1.54) is 24.3 Å². The summed E-state index contributed by atoms with van der Waals surface area (Å²) in [7, 11) is 0. The van der Waals surface area contributed by atoms with Crippen molar-refractivity contribution in [1.82, 2.24) is 0 Å². The molecule has 6 heteroatoms. The van der Waals surface area contributed by atoms with Gasteiger partial charge in [-0.1, -0.05) is 18.2 Å². The molecule has 0 aliphatic heterocycles. The molecular formula is C14H13NO5. The van der Waals surface area contributed by atoms with E-state index in [1.54, 1.807) is 19.1 Å². The summed E-state index contributed by atoms with van der Waals surface area (Å²) in [5.74, 6) is -3.02. The zero-order valence-corrected chi connectivity index (χ0v) is 10.7. The maximum absolute atomic E-state index is 11.5. The van der Waals surface area contributed by atoms with E-state index in [1.807, 2.05) is 0 Å². The third-order valence-corrected chi connectivity index (χ3v) is 2.25. The molecule has 0 fully saturated rings. The number of hydrogen-bond donors (Lipinski definition) is 3. The van der Waals surface area contributed by atoms with Crippen LogP contribution in [0.4, 0.5) is 5.69 Å². The topological polar surface area (TPSA) is 104 Å². The second-order valence-corrected chi connectivity index (χ2v) is 3.78. The predicted molar refractivity (Wildman–Crippen MR) is 72.9 cm³/mol. The Hall–Kier alpha value is -2.89. The highest BCUT2D eigenvalue weighted by Gasteiger charge is 2.12. The Bertz CT molecular complexity index is 569. The number of allylic oxidation sites excluding steroid dienone is 3. The highest BCUT2D eigenvalue weighted by molar-refractivity contribution is 6.02. The number of carboxylic acid groups (broad SMARTS) is 2.